The van der Waals surface area contributed by atoms with E-state index in [9.17, 15) is 14.4 Å². The SMILES string of the molecule is CCC1CCC2(CC1)NC(=O)N(Cc1cc(=O)oc3cc(C)c(Cl)cc13)C2=O. The first-order valence-corrected chi connectivity index (χ1v) is 10.1. The molecule has 1 spiro atoms. The molecule has 1 aromatic carbocycles. The minimum Gasteiger partial charge on any atom is -0.423 e. The Labute approximate surface area is 167 Å². The number of carbonyl (C=O) groups excluding carboxylic acids is 2. The number of nitrogens with zero attached hydrogens (tertiary/aromatic N) is 1. The van der Waals surface area contributed by atoms with Crippen LogP contribution in [0.4, 0.5) is 4.79 Å². The topological polar surface area (TPSA) is 79.6 Å². The van der Waals surface area contributed by atoms with Crippen LogP contribution in [0.1, 0.15) is 50.2 Å². The zero-order valence-corrected chi connectivity index (χ0v) is 16.8. The van der Waals surface area contributed by atoms with Gasteiger partial charge in [0.05, 0.1) is 6.54 Å². The molecule has 2 fully saturated rings. The molecule has 2 heterocycles. The van der Waals surface area contributed by atoms with Crippen LogP contribution in [0.5, 0.6) is 0 Å². The van der Waals surface area contributed by atoms with Crippen LogP contribution in [0.2, 0.25) is 5.02 Å². The molecule has 1 aliphatic carbocycles. The van der Waals surface area contributed by atoms with Gasteiger partial charge in [0.25, 0.3) is 5.91 Å². The van der Waals surface area contributed by atoms with E-state index in [4.69, 9.17) is 16.0 Å². The second kappa shape index (κ2) is 6.92. The molecule has 0 radical (unpaired) electrons. The van der Waals surface area contributed by atoms with Crippen molar-refractivity contribution in [3.63, 3.8) is 0 Å². The molecule has 1 N–H and O–H groups in total. The predicted octanol–water partition coefficient (Wildman–Crippen LogP) is 4.15. The number of rotatable bonds is 3. The van der Waals surface area contributed by atoms with Crippen LogP contribution in [0.15, 0.2) is 27.4 Å². The van der Waals surface area contributed by atoms with Gasteiger partial charge in [0, 0.05) is 16.5 Å². The van der Waals surface area contributed by atoms with Gasteiger partial charge < -0.3 is 9.73 Å². The number of hydrogen-bond donors (Lipinski definition) is 1. The molecule has 0 unspecified atom stereocenters. The summed E-state index contributed by atoms with van der Waals surface area (Å²) in [6.45, 7) is 4.00. The van der Waals surface area contributed by atoms with Crippen LogP contribution in [0.25, 0.3) is 11.0 Å². The van der Waals surface area contributed by atoms with E-state index in [-0.39, 0.29) is 12.5 Å². The quantitative estimate of drug-likeness (QED) is 0.618. The van der Waals surface area contributed by atoms with Gasteiger partial charge in [-0.05, 0) is 61.8 Å². The predicted molar refractivity (Wildman–Crippen MR) is 106 cm³/mol. The minimum absolute atomic E-state index is 0.0190. The number of urea groups is 1. The lowest BCUT2D eigenvalue weighted by Crippen LogP contribution is -2.49. The highest BCUT2D eigenvalue weighted by Gasteiger charge is 2.52. The van der Waals surface area contributed by atoms with E-state index in [1.807, 2.05) is 6.92 Å². The normalized spacial score (nSPS) is 25.0. The molecule has 1 aromatic heterocycles. The molecule has 1 saturated carbocycles. The summed E-state index contributed by atoms with van der Waals surface area (Å²) in [5.74, 6) is 0.407. The zero-order valence-electron chi connectivity index (χ0n) is 16.0. The van der Waals surface area contributed by atoms with Crippen LogP contribution < -0.4 is 10.9 Å². The number of halogens is 1. The largest absolute Gasteiger partial charge is 0.423 e. The number of imide groups is 1. The van der Waals surface area contributed by atoms with Crippen molar-refractivity contribution in [3.05, 3.63) is 44.8 Å². The summed E-state index contributed by atoms with van der Waals surface area (Å²) in [6, 6.07) is 4.33. The van der Waals surface area contributed by atoms with Crippen molar-refractivity contribution in [3.8, 4) is 0 Å². The number of hydrogen-bond acceptors (Lipinski definition) is 4. The Morgan fingerprint density at radius 1 is 1.21 bits per heavy atom. The molecule has 6 nitrogen and oxygen atoms in total. The molecule has 1 saturated heterocycles. The van der Waals surface area contributed by atoms with E-state index in [1.165, 1.54) is 11.0 Å². The van der Waals surface area contributed by atoms with Crippen LogP contribution in [-0.2, 0) is 11.3 Å². The van der Waals surface area contributed by atoms with Gasteiger partial charge in [-0.2, -0.15) is 0 Å². The second-order valence-corrected chi connectivity index (χ2v) is 8.35. The molecule has 2 aliphatic rings. The summed E-state index contributed by atoms with van der Waals surface area (Å²) in [5, 5.41) is 4.09. The van der Waals surface area contributed by atoms with Crippen molar-refractivity contribution < 1.29 is 14.0 Å². The van der Waals surface area contributed by atoms with Crippen LogP contribution in [0, 0.1) is 12.8 Å². The first-order chi connectivity index (χ1) is 13.3. The van der Waals surface area contributed by atoms with Crippen molar-refractivity contribution in [2.24, 2.45) is 5.92 Å². The third-order valence-electron chi connectivity index (χ3n) is 6.22. The van der Waals surface area contributed by atoms with Crippen molar-refractivity contribution >= 4 is 34.5 Å². The molecule has 7 heteroatoms. The van der Waals surface area contributed by atoms with E-state index >= 15 is 0 Å². The Bertz CT molecular complexity index is 1020. The molecular formula is C21H23ClN2O4. The highest BCUT2D eigenvalue weighted by atomic mass is 35.5. The monoisotopic (exact) mass is 402 g/mol. The van der Waals surface area contributed by atoms with Crippen molar-refractivity contribution in [2.45, 2.75) is 58.0 Å². The third-order valence-corrected chi connectivity index (χ3v) is 6.63. The summed E-state index contributed by atoms with van der Waals surface area (Å²) in [6.07, 6.45) is 4.28. The maximum atomic E-state index is 13.1. The van der Waals surface area contributed by atoms with Gasteiger partial charge >= 0.3 is 11.7 Å². The minimum atomic E-state index is -0.799. The zero-order chi connectivity index (χ0) is 20.1. The smallest absolute Gasteiger partial charge is 0.336 e. The second-order valence-electron chi connectivity index (χ2n) is 7.94. The van der Waals surface area contributed by atoms with Gasteiger partial charge in [-0.3, -0.25) is 9.69 Å². The fraction of sp³-hybridized carbons (Fsp3) is 0.476. The number of nitrogens with one attached hydrogen (secondary N) is 1. The van der Waals surface area contributed by atoms with E-state index in [1.54, 1.807) is 12.1 Å². The van der Waals surface area contributed by atoms with Crippen molar-refractivity contribution in [2.75, 3.05) is 0 Å². The standard InChI is InChI=1S/C21H23ClN2O4/c1-3-13-4-6-21(7-5-13)19(26)24(20(27)23-21)11-14-9-18(25)28-17-8-12(2)16(22)10-15(14)17/h8-10,13H,3-7,11H2,1-2H3,(H,23,27). The summed E-state index contributed by atoms with van der Waals surface area (Å²) in [7, 11) is 0. The Hall–Kier alpha value is -2.34. The summed E-state index contributed by atoms with van der Waals surface area (Å²) < 4.78 is 5.27. The number of aryl methyl sites for hydroxylation is 1. The van der Waals surface area contributed by atoms with Gasteiger partial charge in [0.15, 0.2) is 0 Å². The third kappa shape index (κ3) is 3.09. The van der Waals surface area contributed by atoms with Gasteiger partial charge in [-0.1, -0.05) is 24.9 Å². The first kappa shape index (κ1) is 19.0. The first-order valence-electron chi connectivity index (χ1n) is 9.70. The Kier molecular flexibility index (Phi) is 4.70. The number of amides is 3. The Balaban J connectivity index is 1.66. The maximum Gasteiger partial charge on any atom is 0.336 e. The molecule has 148 valence electrons. The molecule has 28 heavy (non-hydrogen) atoms. The van der Waals surface area contributed by atoms with E-state index in [2.05, 4.69) is 12.2 Å². The average Bonchev–Trinajstić information content (AvgIpc) is 2.88. The number of carbonyl (C=O) groups is 2. The summed E-state index contributed by atoms with van der Waals surface area (Å²) in [5.41, 5.74) is 0.419. The summed E-state index contributed by atoms with van der Waals surface area (Å²) >= 11 is 6.24. The molecule has 4 rings (SSSR count). The van der Waals surface area contributed by atoms with Gasteiger partial charge in [0.1, 0.15) is 11.1 Å². The van der Waals surface area contributed by atoms with Gasteiger partial charge in [-0.15, -0.1) is 0 Å². The van der Waals surface area contributed by atoms with Gasteiger partial charge in [-0.25, -0.2) is 9.59 Å². The van der Waals surface area contributed by atoms with E-state index in [0.717, 1.165) is 24.8 Å². The van der Waals surface area contributed by atoms with Crippen LogP contribution in [-0.4, -0.2) is 22.4 Å². The Morgan fingerprint density at radius 2 is 1.93 bits per heavy atom. The van der Waals surface area contributed by atoms with Crippen LogP contribution in [0.3, 0.4) is 0 Å². The molecule has 2 aromatic rings. The molecule has 3 amide bonds. The number of fused-ring (bicyclic) bond motifs is 1. The lowest BCUT2D eigenvalue weighted by molar-refractivity contribution is -0.133. The van der Waals surface area contributed by atoms with Crippen molar-refractivity contribution in [1.82, 2.24) is 10.2 Å². The lowest BCUT2D eigenvalue weighted by atomic mass is 9.75. The fourth-order valence-electron chi connectivity index (χ4n) is 4.39. The van der Waals surface area contributed by atoms with Gasteiger partial charge in [0.2, 0.25) is 0 Å². The van der Waals surface area contributed by atoms with E-state index < -0.39 is 17.2 Å². The highest BCUT2D eigenvalue weighted by molar-refractivity contribution is 6.32. The van der Waals surface area contributed by atoms with Crippen molar-refractivity contribution in [1.29, 1.82) is 0 Å². The maximum absolute atomic E-state index is 13.1. The highest BCUT2D eigenvalue weighted by Crippen LogP contribution is 2.38. The summed E-state index contributed by atoms with van der Waals surface area (Å²) in [4.78, 5) is 39.0. The molecular weight excluding hydrogens is 380 g/mol. The van der Waals surface area contributed by atoms with Crippen LogP contribution >= 0.6 is 11.6 Å². The van der Waals surface area contributed by atoms with E-state index in [0.29, 0.717) is 40.3 Å². The molecule has 0 atom stereocenters. The molecule has 1 aliphatic heterocycles. The Morgan fingerprint density at radius 3 is 2.61 bits per heavy atom. The average molecular weight is 403 g/mol. The fourth-order valence-corrected chi connectivity index (χ4v) is 4.55. The molecule has 0 bridgehead atoms. The lowest BCUT2D eigenvalue weighted by Gasteiger charge is -2.34. The number of benzene rings is 1.